The lowest BCUT2D eigenvalue weighted by atomic mass is 10.1. The summed E-state index contributed by atoms with van der Waals surface area (Å²) >= 11 is 0. The van der Waals surface area contributed by atoms with Crippen molar-refractivity contribution in [2.75, 3.05) is 20.3 Å². The van der Waals surface area contributed by atoms with Crippen LogP contribution in [0.25, 0.3) is 0 Å². The van der Waals surface area contributed by atoms with Gasteiger partial charge < -0.3 is 4.90 Å². The summed E-state index contributed by atoms with van der Waals surface area (Å²) in [5.74, 6) is 0.418. The van der Waals surface area contributed by atoms with Crippen molar-refractivity contribution in [1.82, 2.24) is 4.90 Å². The number of carbonyl (C=O) groups is 1. The number of halogens is 1. The van der Waals surface area contributed by atoms with E-state index < -0.39 is 0 Å². The van der Waals surface area contributed by atoms with Gasteiger partial charge in [0.15, 0.2) is 0 Å². The van der Waals surface area contributed by atoms with E-state index in [0.717, 1.165) is 6.54 Å². The topological polar surface area (TPSA) is 20.3 Å². The molecule has 58 valence electrons. The third kappa shape index (κ3) is 1.46. The van der Waals surface area contributed by atoms with E-state index in [1.54, 1.807) is 11.9 Å². The Balaban J connectivity index is 2.34. The van der Waals surface area contributed by atoms with E-state index in [0.29, 0.717) is 12.8 Å². The molecule has 0 saturated carbocycles. The van der Waals surface area contributed by atoms with E-state index in [1.165, 1.54) is 0 Å². The fraction of sp³-hybridized carbons (Fsp3) is 0.857. The zero-order chi connectivity index (χ0) is 7.56. The van der Waals surface area contributed by atoms with Gasteiger partial charge in [-0.05, 0) is 12.3 Å². The molecular weight excluding hydrogens is 133 g/mol. The maximum Gasteiger partial charge on any atom is 0.222 e. The van der Waals surface area contributed by atoms with Crippen LogP contribution in [-0.2, 0) is 4.79 Å². The summed E-state index contributed by atoms with van der Waals surface area (Å²) in [5.41, 5.74) is 0. The quantitative estimate of drug-likeness (QED) is 0.563. The summed E-state index contributed by atoms with van der Waals surface area (Å²) in [6.45, 7) is 0.439. The van der Waals surface area contributed by atoms with Crippen LogP contribution < -0.4 is 0 Å². The average Bonchev–Trinajstić information content (AvgIpc) is 2.14. The van der Waals surface area contributed by atoms with E-state index in [4.69, 9.17) is 0 Å². The van der Waals surface area contributed by atoms with Crippen molar-refractivity contribution in [1.29, 1.82) is 0 Å². The lowest BCUT2D eigenvalue weighted by Crippen LogP contribution is -2.19. The van der Waals surface area contributed by atoms with Gasteiger partial charge in [-0.3, -0.25) is 9.18 Å². The molecule has 1 fully saturated rings. The van der Waals surface area contributed by atoms with Crippen LogP contribution in [0.5, 0.6) is 0 Å². The van der Waals surface area contributed by atoms with Crippen molar-refractivity contribution in [2.24, 2.45) is 5.92 Å². The van der Waals surface area contributed by atoms with Crippen molar-refractivity contribution in [3.05, 3.63) is 0 Å². The van der Waals surface area contributed by atoms with Crippen LogP contribution in [0.4, 0.5) is 4.39 Å². The molecule has 3 heteroatoms. The van der Waals surface area contributed by atoms with Crippen LogP contribution in [0.1, 0.15) is 12.8 Å². The standard InChI is InChI=1S/C7H12FNO/c1-9-5-6(2-3-8)4-7(9)10/h6H,2-5H2,1H3. The summed E-state index contributed by atoms with van der Waals surface area (Å²) in [7, 11) is 1.76. The predicted octanol–water partition coefficient (Wildman–Crippen LogP) is 0.824. The second-order valence-corrected chi connectivity index (χ2v) is 2.82. The fourth-order valence-corrected chi connectivity index (χ4v) is 1.30. The number of rotatable bonds is 2. The second-order valence-electron chi connectivity index (χ2n) is 2.82. The molecule has 0 spiro atoms. The lowest BCUT2D eigenvalue weighted by molar-refractivity contribution is -0.126. The van der Waals surface area contributed by atoms with Crippen LogP contribution >= 0.6 is 0 Å². The van der Waals surface area contributed by atoms with Gasteiger partial charge >= 0.3 is 0 Å². The van der Waals surface area contributed by atoms with Gasteiger partial charge in [0.1, 0.15) is 0 Å². The number of amides is 1. The first-order valence-corrected chi connectivity index (χ1v) is 3.54. The summed E-state index contributed by atoms with van der Waals surface area (Å²) in [6, 6.07) is 0. The number of hydrogen-bond acceptors (Lipinski definition) is 1. The van der Waals surface area contributed by atoms with E-state index in [2.05, 4.69) is 0 Å². The Kier molecular flexibility index (Phi) is 2.25. The SMILES string of the molecule is CN1CC(CCF)CC1=O. The van der Waals surface area contributed by atoms with E-state index in [-0.39, 0.29) is 18.5 Å². The van der Waals surface area contributed by atoms with Crippen molar-refractivity contribution >= 4 is 5.91 Å². The molecule has 0 radical (unpaired) electrons. The summed E-state index contributed by atoms with van der Waals surface area (Å²) in [6.07, 6.45) is 1.08. The molecule has 0 aromatic rings. The number of nitrogens with zero attached hydrogens (tertiary/aromatic N) is 1. The molecule has 2 nitrogen and oxygen atoms in total. The van der Waals surface area contributed by atoms with Gasteiger partial charge in [-0.2, -0.15) is 0 Å². The molecule has 1 aliphatic heterocycles. The van der Waals surface area contributed by atoms with Gasteiger partial charge in [0.25, 0.3) is 0 Å². The molecule has 0 aromatic heterocycles. The van der Waals surface area contributed by atoms with Crippen LogP contribution in [0, 0.1) is 5.92 Å². The second kappa shape index (κ2) is 2.99. The van der Waals surface area contributed by atoms with Gasteiger partial charge in [0.05, 0.1) is 6.67 Å². The Hall–Kier alpha value is -0.600. The maximum atomic E-state index is 11.8. The number of hydrogen-bond donors (Lipinski definition) is 0. The van der Waals surface area contributed by atoms with Gasteiger partial charge in [-0.1, -0.05) is 0 Å². The Bertz CT molecular complexity index is 138. The van der Waals surface area contributed by atoms with Crippen molar-refractivity contribution in [3.63, 3.8) is 0 Å². The lowest BCUT2D eigenvalue weighted by Gasteiger charge is -2.07. The normalized spacial score (nSPS) is 26.0. The minimum atomic E-state index is -0.300. The smallest absolute Gasteiger partial charge is 0.222 e. The minimum absolute atomic E-state index is 0.151. The van der Waals surface area contributed by atoms with Gasteiger partial charge in [0, 0.05) is 20.0 Å². The Morgan fingerprint density at radius 3 is 2.90 bits per heavy atom. The van der Waals surface area contributed by atoms with Gasteiger partial charge in [-0.25, -0.2) is 0 Å². The molecule has 0 aromatic carbocycles. The molecule has 1 saturated heterocycles. The van der Waals surface area contributed by atoms with Crippen molar-refractivity contribution < 1.29 is 9.18 Å². The van der Waals surface area contributed by atoms with E-state index >= 15 is 0 Å². The highest BCUT2D eigenvalue weighted by Crippen LogP contribution is 2.18. The molecular formula is C7H12FNO. The summed E-state index contributed by atoms with van der Waals surface area (Å²) in [5, 5.41) is 0. The van der Waals surface area contributed by atoms with E-state index in [9.17, 15) is 9.18 Å². The van der Waals surface area contributed by atoms with Crippen LogP contribution in [0.2, 0.25) is 0 Å². The Labute approximate surface area is 60.0 Å². The molecule has 0 N–H and O–H groups in total. The van der Waals surface area contributed by atoms with E-state index in [1.807, 2.05) is 0 Å². The zero-order valence-electron chi connectivity index (χ0n) is 6.14. The number of alkyl halides is 1. The van der Waals surface area contributed by atoms with Crippen LogP contribution in [0.15, 0.2) is 0 Å². The Morgan fingerprint density at radius 2 is 2.50 bits per heavy atom. The molecule has 10 heavy (non-hydrogen) atoms. The largest absolute Gasteiger partial charge is 0.345 e. The minimum Gasteiger partial charge on any atom is -0.345 e. The number of likely N-dealkylation sites (tertiary alicyclic amines) is 1. The average molecular weight is 145 g/mol. The molecule has 1 heterocycles. The molecule has 0 aliphatic carbocycles. The molecule has 1 unspecified atom stereocenters. The molecule has 1 amide bonds. The third-order valence-corrected chi connectivity index (χ3v) is 1.94. The van der Waals surface area contributed by atoms with Crippen molar-refractivity contribution in [2.45, 2.75) is 12.8 Å². The van der Waals surface area contributed by atoms with Gasteiger partial charge in [-0.15, -0.1) is 0 Å². The molecule has 0 bridgehead atoms. The molecule has 1 atom stereocenters. The van der Waals surface area contributed by atoms with Crippen LogP contribution in [0.3, 0.4) is 0 Å². The third-order valence-electron chi connectivity index (χ3n) is 1.94. The van der Waals surface area contributed by atoms with Gasteiger partial charge in [0.2, 0.25) is 5.91 Å². The summed E-state index contributed by atoms with van der Waals surface area (Å²) in [4.78, 5) is 12.5. The van der Waals surface area contributed by atoms with Crippen LogP contribution in [-0.4, -0.2) is 31.1 Å². The first kappa shape index (κ1) is 7.51. The highest BCUT2D eigenvalue weighted by Gasteiger charge is 2.25. The Morgan fingerprint density at radius 1 is 1.80 bits per heavy atom. The fourth-order valence-electron chi connectivity index (χ4n) is 1.30. The first-order valence-electron chi connectivity index (χ1n) is 3.54. The maximum absolute atomic E-state index is 11.8. The first-order chi connectivity index (χ1) is 4.74. The zero-order valence-corrected chi connectivity index (χ0v) is 6.14. The molecule has 1 aliphatic rings. The van der Waals surface area contributed by atoms with Crippen molar-refractivity contribution in [3.8, 4) is 0 Å². The monoisotopic (exact) mass is 145 g/mol. The molecule has 1 rings (SSSR count). The number of carbonyl (C=O) groups excluding carboxylic acids is 1. The highest BCUT2D eigenvalue weighted by atomic mass is 19.1. The summed E-state index contributed by atoms with van der Waals surface area (Å²) < 4.78 is 11.8. The predicted molar refractivity (Wildman–Crippen MR) is 36.3 cm³/mol. The highest BCUT2D eigenvalue weighted by molar-refractivity contribution is 5.78.